The third-order valence-corrected chi connectivity index (χ3v) is 6.35. The first-order chi connectivity index (χ1) is 9.15. The smallest absolute Gasteiger partial charge is 0.306 e. The molecule has 0 aromatic carbocycles. The van der Waals surface area contributed by atoms with E-state index in [4.69, 9.17) is 4.74 Å². The Morgan fingerprint density at radius 2 is 1.89 bits per heavy atom. The second-order valence-electron chi connectivity index (χ2n) is 7.31. The Balaban J connectivity index is 1.34. The molecule has 2 heteroatoms. The monoisotopic (exact) mass is 264 g/mol. The quantitative estimate of drug-likeness (QED) is 0.550. The molecule has 2 bridgehead atoms. The highest BCUT2D eigenvalue weighted by atomic mass is 16.5. The lowest BCUT2D eigenvalue weighted by Gasteiger charge is -2.31. The van der Waals surface area contributed by atoms with Crippen molar-refractivity contribution in [3.8, 4) is 0 Å². The highest BCUT2D eigenvalue weighted by molar-refractivity contribution is 5.71. The fraction of sp³-hybridized carbons (Fsp3) is 0.941. The molecule has 6 unspecified atom stereocenters. The zero-order valence-corrected chi connectivity index (χ0v) is 12.4. The van der Waals surface area contributed by atoms with E-state index in [1.807, 2.05) is 0 Å². The summed E-state index contributed by atoms with van der Waals surface area (Å²) in [7, 11) is 0. The highest BCUT2D eigenvalue weighted by Crippen LogP contribution is 2.56. The van der Waals surface area contributed by atoms with Crippen LogP contribution in [0.4, 0.5) is 0 Å². The Bertz CT molecular complexity index is 336. The Labute approximate surface area is 117 Å². The predicted octanol–water partition coefficient (Wildman–Crippen LogP) is 4.18. The minimum absolute atomic E-state index is 0.0147. The van der Waals surface area contributed by atoms with Crippen molar-refractivity contribution in [1.82, 2.24) is 0 Å². The van der Waals surface area contributed by atoms with E-state index in [2.05, 4.69) is 13.8 Å². The van der Waals surface area contributed by atoms with Crippen LogP contribution in [0.2, 0.25) is 0 Å². The lowest BCUT2D eigenvalue weighted by molar-refractivity contribution is -0.141. The molecule has 108 valence electrons. The SMILES string of the molecule is CC1C2CC(CCCCC3CCC(=O)O3)C(C2)C1C. The lowest BCUT2D eigenvalue weighted by atomic mass is 9.74. The molecule has 0 aromatic rings. The van der Waals surface area contributed by atoms with Gasteiger partial charge in [-0.15, -0.1) is 0 Å². The van der Waals surface area contributed by atoms with Crippen LogP contribution in [-0.4, -0.2) is 12.1 Å². The molecule has 3 aliphatic rings. The van der Waals surface area contributed by atoms with Crippen molar-refractivity contribution in [2.24, 2.45) is 29.6 Å². The molecule has 0 amide bonds. The molecule has 2 nitrogen and oxygen atoms in total. The van der Waals surface area contributed by atoms with E-state index in [9.17, 15) is 4.79 Å². The minimum Gasteiger partial charge on any atom is -0.462 e. The molecule has 0 radical (unpaired) electrons. The predicted molar refractivity (Wildman–Crippen MR) is 75.6 cm³/mol. The second kappa shape index (κ2) is 5.46. The van der Waals surface area contributed by atoms with Crippen LogP contribution in [0.5, 0.6) is 0 Å². The summed E-state index contributed by atoms with van der Waals surface area (Å²) in [6.07, 6.45) is 9.94. The molecule has 0 spiro atoms. The van der Waals surface area contributed by atoms with E-state index in [0.29, 0.717) is 6.42 Å². The molecule has 2 saturated carbocycles. The van der Waals surface area contributed by atoms with Crippen LogP contribution in [0, 0.1) is 29.6 Å². The molecule has 6 atom stereocenters. The van der Waals surface area contributed by atoms with Crippen LogP contribution in [0.25, 0.3) is 0 Å². The van der Waals surface area contributed by atoms with E-state index in [-0.39, 0.29) is 12.1 Å². The Hall–Kier alpha value is -0.530. The van der Waals surface area contributed by atoms with Gasteiger partial charge in [-0.1, -0.05) is 26.7 Å². The van der Waals surface area contributed by atoms with Crippen LogP contribution in [0.15, 0.2) is 0 Å². The third-order valence-electron chi connectivity index (χ3n) is 6.35. The van der Waals surface area contributed by atoms with Crippen molar-refractivity contribution in [3.05, 3.63) is 0 Å². The third kappa shape index (κ3) is 2.68. The molecule has 2 aliphatic carbocycles. The van der Waals surface area contributed by atoms with Gasteiger partial charge in [-0.2, -0.15) is 0 Å². The number of carbonyl (C=O) groups excluding carboxylic acids is 1. The maximum Gasteiger partial charge on any atom is 0.306 e. The van der Waals surface area contributed by atoms with Gasteiger partial charge in [-0.05, 0) is 61.7 Å². The van der Waals surface area contributed by atoms with E-state index in [0.717, 1.165) is 42.4 Å². The highest BCUT2D eigenvalue weighted by Gasteiger charge is 2.47. The lowest BCUT2D eigenvalue weighted by Crippen LogP contribution is -2.24. The van der Waals surface area contributed by atoms with Crippen molar-refractivity contribution in [3.63, 3.8) is 0 Å². The van der Waals surface area contributed by atoms with Crippen LogP contribution in [0.1, 0.15) is 65.2 Å². The molecule has 3 fully saturated rings. The average Bonchev–Trinajstić information content (AvgIpc) is 3.04. The van der Waals surface area contributed by atoms with Gasteiger partial charge in [0.25, 0.3) is 0 Å². The number of cyclic esters (lactones) is 1. The summed E-state index contributed by atoms with van der Waals surface area (Å²) in [5, 5.41) is 0. The zero-order chi connectivity index (χ0) is 13.4. The van der Waals surface area contributed by atoms with E-state index < -0.39 is 0 Å². The number of hydrogen-bond acceptors (Lipinski definition) is 2. The van der Waals surface area contributed by atoms with E-state index in [1.165, 1.54) is 32.1 Å². The zero-order valence-electron chi connectivity index (χ0n) is 12.4. The molecule has 3 rings (SSSR count). The molecule has 1 saturated heterocycles. The Morgan fingerprint density at radius 3 is 2.53 bits per heavy atom. The summed E-state index contributed by atoms with van der Waals surface area (Å²) in [4.78, 5) is 11.0. The van der Waals surface area contributed by atoms with Crippen molar-refractivity contribution in [1.29, 1.82) is 0 Å². The van der Waals surface area contributed by atoms with Gasteiger partial charge in [-0.25, -0.2) is 0 Å². The number of carbonyl (C=O) groups is 1. The maximum atomic E-state index is 11.0. The van der Waals surface area contributed by atoms with Gasteiger partial charge < -0.3 is 4.74 Å². The van der Waals surface area contributed by atoms with Crippen LogP contribution < -0.4 is 0 Å². The summed E-state index contributed by atoms with van der Waals surface area (Å²) in [5.41, 5.74) is 0. The van der Waals surface area contributed by atoms with Gasteiger partial charge in [0, 0.05) is 6.42 Å². The van der Waals surface area contributed by atoms with Gasteiger partial charge in [0.1, 0.15) is 6.10 Å². The van der Waals surface area contributed by atoms with Gasteiger partial charge >= 0.3 is 5.97 Å². The second-order valence-corrected chi connectivity index (χ2v) is 7.31. The largest absolute Gasteiger partial charge is 0.462 e. The van der Waals surface area contributed by atoms with Gasteiger partial charge in [-0.3, -0.25) is 4.79 Å². The first kappa shape index (κ1) is 13.5. The summed E-state index contributed by atoms with van der Waals surface area (Å²) >= 11 is 0. The number of rotatable bonds is 5. The van der Waals surface area contributed by atoms with Crippen molar-refractivity contribution in [2.45, 2.75) is 71.3 Å². The van der Waals surface area contributed by atoms with Gasteiger partial charge in [0.15, 0.2) is 0 Å². The average molecular weight is 264 g/mol. The number of unbranched alkanes of at least 4 members (excludes halogenated alkanes) is 1. The standard InChI is InChI=1S/C17H28O2/c1-11-12(2)16-10-14(11)9-13(16)5-3-4-6-15-7-8-17(18)19-15/h11-16H,3-10H2,1-2H3. The van der Waals surface area contributed by atoms with Gasteiger partial charge in [0.2, 0.25) is 0 Å². The summed E-state index contributed by atoms with van der Waals surface area (Å²) in [6, 6.07) is 0. The summed E-state index contributed by atoms with van der Waals surface area (Å²) in [6.45, 7) is 4.93. The number of esters is 1. The molecule has 19 heavy (non-hydrogen) atoms. The van der Waals surface area contributed by atoms with Crippen LogP contribution in [-0.2, 0) is 9.53 Å². The maximum absolute atomic E-state index is 11.0. The van der Waals surface area contributed by atoms with E-state index >= 15 is 0 Å². The first-order valence-electron chi connectivity index (χ1n) is 8.34. The van der Waals surface area contributed by atoms with Crippen molar-refractivity contribution < 1.29 is 9.53 Å². The normalized spacial score (nSPS) is 44.8. The Kier molecular flexibility index (Phi) is 3.86. The Morgan fingerprint density at radius 1 is 1.11 bits per heavy atom. The topological polar surface area (TPSA) is 26.3 Å². The van der Waals surface area contributed by atoms with Crippen LogP contribution in [0.3, 0.4) is 0 Å². The fourth-order valence-corrected chi connectivity index (χ4v) is 4.99. The van der Waals surface area contributed by atoms with Crippen molar-refractivity contribution >= 4 is 5.97 Å². The molecule has 1 heterocycles. The molecular weight excluding hydrogens is 236 g/mol. The van der Waals surface area contributed by atoms with Gasteiger partial charge in [0.05, 0.1) is 0 Å². The fourth-order valence-electron chi connectivity index (χ4n) is 4.99. The van der Waals surface area contributed by atoms with Crippen molar-refractivity contribution in [2.75, 3.05) is 0 Å². The number of fused-ring (bicyclic) bond motifs is 2. The number of ether oxygens (including phenoxy) is 1. The molecule has 0 N–H and O–H groups in total. The first-order valence-corrected chi connectivity index (χ1v) is 8.34. The van der Waals surface area contributed by atoms with Crippen LogP contribution >= 0.6 is 0 Å². The minimum atomic E-state index is 0.0147. The number of hydrogen-bond donors (Lipinski definition) is 0. The molecule has 0 aromatic heterocycles. The van der Waals surface area contributed by atoms with E-state index in [1.54, 1.807) is 0 Å². The summed E-state index contributed by atoms with van der Waals surface area (Å²) < 4.78 is 5.27. The molecule has 1 aliphatic heterocycles. The summed E-state index contributed by atoms with van der Waals surface area (Å²) in [5.74, 6) is 4.99. The molecular formula is C17H28O2.